The third-order valence-electron chi connectivity index (χ3n) is 6.16. The Labute approximate surface area is 188 Å². The number of carbonyl (C=O) groups is 2. The zero-order valence-corrected chi connectivity index (χ0v) is 20.5. The summed E-state index contributed by atoms with van der Waals surface area (Å²) in [6.07, 6.45) is 1.21. The number of likely N-dealkylation sites (tertiary alicyclic amines) is 1. The minimum absolute atomic E-state index is 0.0271. The second-order valence-electron chi connectivity index (χ2n) is 9.92. The van der Waals surface area contributed by atoms with Gasteiger partial charge in [-0.1, -0.05) is 13.8 Å². The van der Waals surface area contributed by atoms with Crippen LogP contribution in [0.1, 0.15) is 48.0 Å². The van der Waals surface area contributed by atoms with Crippen LogP contribution in [0.3, 0.4) is 0 Å². The second-order valence-corrected chi connectivity index (χ2v) is 9.92. The lowest BCUT2D eigenvalue weighted by atomic mass is 9.92. The van der Waals surface area contributed by atoms with Crippen LogP contribution in [0.25, 0.3) is 0 Å². The van der Waals surface area contributed by atoms with Gasteiger partial charge in [-0.3, -0.25) is 19.5 Å². The monoisotopic (exact) mass is 436 g/mol. The molecule has 0 spiro atoms. The molecule has 0 aromatic carbocycles. The first-order chi connectivity index (χ1) is 14.7. The lowest BCUT2D eigenvalue weighted by Gasteiger charge is -2.39. The van der Waals surface area contributed by atoms with Gasteiger partial charge in [-0.05, 0) is 46.0 Å². The largest absolute Gasteiger partial charge is 0.357 e. The number of hydrogen-bond donors (Lipinski definition) is 2. The molecule has 2 atom stereocenters. The van der Waals surface area contributed by atoms with Gasteiger partial charge >= 0.3 is 0 Å². The van der Waals surface area contributed by atoms with Gasteiger partial charge in [0.2, 0.25) is 11.8 Å². The summed E-state index contributed by atoms with van der Waals surface area (Å²) in [5, 5.41) is 6.26. The lowest BCUT2D eigenvalue weighted by Crippen LogP contribution is -2.55. The van der Waals surface area contributed by atoms with Crippen molar-refractivity contribution < 1.29 is 9.59 Å². The van der Waals surface area contributed by atoms with Crippen LogP contribution in [0.4, 0.5) is 0 Å². The molecule has 2 rings (SSSR count). The molecule has 2 saturated heterocycles. The molecule has 0 bridgehead atoms. The third kappa shape index (κ3) is 7.66. The van der Waals surface area contributed by atoms with E-state index in [1.54, 1.807) is 0 Å². The van der Waals surface area contributed by atoms with Gasteiger partial charge in [-0.15, -0.1) is 0 Å². The Balaban J connectivity index is 1.88. The number of nitrogens with zero attached hydrogens (tertiary/aromatic N) is 4. The van der Waals surface area contributed by atoms with E-state index < -0.39 is 5.41 Å². The van der Waals surface area contributed by atoms with E-state index in [2.05, 4.69) is 46.1 Å². The standard InChI is InChI=1S/C23H44N6O2/c1-7-24-21(31)23(5,6)17-26-22(25-8-2)28-11-9-27(10-12-28)16-20(30)29-14-18(3)13-19(4)15-29/h18-19H,7-17H2,1-6H3,(H,24,31)(H,25,26). The van der Waals surface area contributed by atoms with Crippen molar-refractivity contribution in [2.45, 2.75) is 48.0 Å². The third-order valence-corrected chi connectivity index (χ3v) is 6.16. The summed E-state index contributed by atoms with van der Waals surface area (Å²) in [5.41, 5.74) is -0.548. The van der Waals surface area contributed by atoms with E-state index in [4.69, 9.17) is 4.99 Å². The fourth-order valence-corrected chi connectivity index (χ4v) is 4.45. The van der Waals surface area contributed by atoms with Crippen LogP contribution in [-0.2, 0) is 9.59 Å². The average molecular weight is 437 g/mol. The number of rotatable bonds is 7. The van der Waals surface area contributed by atoms with E-state index >= 15 is 0 Å². The Morgan fingerprint density at radius 1 is 0.935 bits per heavy atom. The molecule has 0 aromatic rings. The highest BCUT2D eigenvalue weighted by Crippen LogP contribution is 2.21. The van der Waals surface area contributed by atoms with Crippen LogP contribution < -0.4 is 10.6 Å². The fourth-order valence-electron chi connectivity index (χ4n) is 4.45. The van der Waals surface area contributed by atoms with E-state index in [-0.39, 0.29) is 11.8 Å². The SMILES string of the molecule is CCNC(=O)C(C)(C)CN=C(NCC)N1CCN(CC(=O)N2CC(C)CC(C)C2)CC1. The molecule has 8 nitrogen and oxygen atoms in total. The molecule has 2 unspecified atom stereocenters. The van der Waals surface area contributed by atoms with E-state index in [0.29, 0.717) is 31.5 Å². The number of amides is 2. The molecular weight excluding hydrogens is 392 g/mol. The molecule has 2 aliphatic rings. The summed E-state index contributed by atoms with van der Waals surface area (Å²) in [4.78, 5) is 36.4. The maximum Gasteiger partial charge on any atom is 0.236 e. The normalized spacial score (nSPS) is 23.6. The molecule has 31 heavy (non-hydrogen) atoms. The maximum absolute atomic E-state index is 12.8. The Bertz CT molecular complexity index is 618. The molecule has 0 saturated carbocycles. The molecule has 8 heteroatoms. The van der Waals surface area contributed by atoms with Crippen molar-refractivity contribution in [3.8, 4) is 0 Å². The predicted molar refractivity (Wildman–Crippen MR) is 126 cm³/mol. The topological polar surface area (TPSA) is 80.3 Å². The van der Waals surface area contributed by atoms with Crippen molar-refractivity contribution in [2.75, 3.05) is 65.4 Å². The Kier molecular flexibility index (Phi) is 9.59. The van der Waals surface area contributed by atoms with Crippen LogP contribution in [-0.4, -0.2) is 97.9 Å². The molecule has 2 amide bonds. The van der Waals surface area contributed by atoms with Gasteiger partial charge in [0.25, 0.3) is 0 Å². The molecular formula is C23H44N6O2. The molecule has 0 aliphatic carbocycles. The van der Waals surface area contributed by atoms with Gasteiger partial charge in [0.1, 0.15) is 0 Å². The predicted octanol–water partition coefficient (Wildman–Crippen LogP) is 1.24. The Morgan fingerprint density at radius 3 is 2.06 bits per heavy atom. The average Bonchev–Trinajstić information content (AvgIpc) is 2.71. The summed E-state index contributed by atoms with van der Waals surface area (Å²) >= 11 is 0. The highest BCUT2D eigenvalue weighted by Gasteiger charge is 2.29. The van der Waals surface area contributed by atoms with Crippen molar-refractivity contribution in [1.29, 1.82) is 0 Å². The number of hydrogen-bond acceptors (Lipinski definition) is 4. The molecule has 2 heterocycles. The highest BCUT2D eigenvalue weighted by molar-refractivity contribution is 5.84. The van der Waals surface area contributed by atoms with Gasteiger partial charge in [0.15, 0.2) is 5.96 Å². The summed E-state index contributed by atoms with van der Waals surface area (Å²) in [7, 11) is 0. The summed E-state index contributed by atoms with van der Waals surface area (Å²) in [6.45, 7) is 19.8. The van der Waals surface area contributed by atoms with Crippen molar-refractivity contribution >= 4 is 17.8 Å². The van der Waals surface area contributed by atoms with Gasteiger partial charge < -0.3 is 20.4 Å². The van der Waals surface area contributed by atoms with Crippen molar-refractivity contribution in [1.82, 2.24) is 25.3 Å². The van der Waals surface area contributed by atoms with Crippen molar-refractivity contribution in [3.05, 3.63) is 0 Å². The minimum Gasteiger partial charge on any atom is -0.357 e. The molecule has 0 radical (unpaired) electrons. The quantitative estimate of drug-likeness (QED) is 0.464. The number of nitrogens with one attached hydrogen (secondary N) is 2. The van der Waals surface area contributed by atoms with E-state index in [1.165, 1.54) is 6.42 Å². The second kappa shape index (κ2) is 11.7. The maximum atomic E-state index is 12.8. The summed E-state index contributed by atoms with van der Waals surface area (Å²) in [6, 6.07) is 0. The van der Waals surface area contributed by atoms with E-state index in [1.807, 2.05) is 20.8 Å². The van der Waals surface area contributed by atoms with Crippen LogP contribution in [0.2, 0.25) is 0 Å². The summed E-state index contributed by atoms with van der Waals surface area (Å²) in [5.74, 6) is 2.32. The number of piperazine rings is 1. The lowest BCUT2D eigenvalue weighted by molar-refractivity contribution is -0.135. The number of guanidine groups is 1. The first kappa shape index (κ1) is 25.4. The Hall–Kier alpha value is -1.83. The smallest absolute Gasteiger partial charge is 0.236 e. The molecule has 2 fully saturated rings. The number of carbonyl (C=O) groups excluding carboxylic acids is 2. The minimum atomic E-state index is -0.548. The van der Waals surface area contributed by atoms with Gasteiger partial charge in [0.05, 0.1) is 18.5 Å². The zero-order chi connectivity index (χ0) is 23.0. The number of piperidine rings is 1. The van der Waals surface area contributed by atoms with E-state index in [9.17, 15) is 9.59 Å². The van der Waals surface area contributed by atoms with Gasteiger partial charge in [-0.2, -0.15) is 0 Å². The highest BCUT2D eigenvalue weighted by atomic mass is 16.2. The van der Waals surface area contributed by atoms with Crippen molar-refractivity contribution in [3.63, 3.8) is 0 Å². The van der Waals surface area contributed by atoms with E-state index in [0.717, 1.165) is 51.8 Å². The number of aliphatic imine (C=N–C) groups is 1. The molecule has 2 N–H and O–H groups in total. The summed E-state index contributed by atoms with van der Waals surface area (Å²) < 4.78 is 0. The first-order valence-electron chi connectivity index (χ1n) is 12.0. The van der Waals surface area contributed by atoms with Crippen LogP contribution >= 0.6 is 0 Å². The molecule has 2 aliphatic heterocycles. The molecule has 178 valence electrons. The first-order valence-corrected chi connectivity index (χ1v) is 12.0. The fraction of sp³-hybridized carbons (Fsp3) is 0.870. The van der Waals surface area contributed by atoms with Crippen LogP contribution in [0.15, 0.2) is 4.99 Å². The van der Waals surface area contributed by atoms with Gasteiger partial charge in [-0.25, -0.2) is 0 Å². The van der Waals surface area contributed by atoms with Crippen LogP contribution in [0, 0.1) is 17.3 Å². The Morgan fingerprint density at radius 2 is 1.52 bits per heavy atom. The van der Waals surface area contributed by atoms with Crippen molar-refractivity contribution in [2.24, 2.45) is 22.2 Å². The van der Waals surface area contributed by atoms with Gasteiger partial charge in [0, 0.05) is 52.4 Å². The molecule has 0 aromatic heterocycles. The zero-order valence-electron chi connectivity index (χ0n) is 20.5. The van der Waals surface area contributed by atoms with Crippen LogP contribution in [0.5, 0.6) is 0 Å².